The molecular weight excluding hydrogens is 727 g/mol. The number of aromatic nitrogens is 3. The standard InChI is InChI=1S/C52H33N3SSi/c1-4-16-35(17-5-1)51-53-49(48-42-24-12-15-27-46(42)57(52(48)54-51,37-18-6-2-7-19-37)38-20-8-3-9-21-38)34-28-30-36(31-29-34)55-43-25-13-10-22-39(43)40-32-33-45-47(50(40)55)41-23-11-14-26-44(41)56-45/h1-33H. The summed E-state index contributed by atoms with van der Waals surface area (Å²) in [5, 5.41) is 10.3. The largest absolute Gasteiger partial charge is 0.309 e. The Labute approximate surface area is 334 Å². The predicted octanol–water partition coefficient (Wildman–Crippen LogP) is 10.6. The van der Waals surface area contributed by atoms with Gasteiger partial charge in [0.15, 0.2) is 5.82 Å². The zero-order valence-electron chi connectivity index (χ0n) is 30.8. The van der Waals surface area contributed by atoms with Gasteiger partial charge in [0.1, 0.15) is 0 Å². The predicted molar refractivity (Wildman–Crippen MR) is 243 cm³/mol. The molecule has 0 saturated heterocycles. The first-order valence-corrected chi connectivity index (χ1v) is 22.2. The highest BCUT2D eigenvalue weighted by Gasteiger charge is 2.51. The van der Waals surface area contributed by atoms with Gasteiger partial charge in [-0.3, -0.25) is 0 Å². The first kappa shape index (κ1) is 32.3. The van der Waals surface area contributed by atoms with Gasteiger partial charge in [-0.25, -0.2) is 9.97 Å². The van der Waals surface area contributed by atoms with Crippen LogP contribution in [0.5, 0.6) is 0 Å². The molecule has 0 aliphatic carbocycles. The van der Waals surface area contributed by atoms with Crippen molar-refractivity contribution in [3.63, 3.8) is 0 Å². The van der Waals surface area contributed by atoms with E-state index < -0.39 is 8.07 Å². The normalized spacial score (nSPS) is 13.1. The summed E-state index contributed by atoms with van der Waals surface area (Å²) < 4.78 is 5.08. The molecule has 0 N–H and O–H groups in total. The molecular formula is C52H33N3SSi. The highest BCUT2D eigenvalue weighted by atomic mass is 32.1. The summed E-state index contributed by atoms with van der Waals surface area (Å²) in [5.74, 6) is 0.749. The van der Waals surface area contributed by atoms with E-state index in [1.807, 2.05) is 11.3 Å². The SMILES string of the molecule is c1ccc(-c2nc(-c3ccc(-n4c5ccccc5c5ccc6sc7ccccc7c6c54)cc3)c3c(n2)[Si](c2ccccc2)(c2ccccc2)c2ccccc2-3)cc1. The summed E-state index contributed by atoms with van der Waals surface area (Å²) in [6, 6.07) is 72.9. The topological polar surface area (TPSA) is 30.7 Å². The van der Waals surface area contributed by atoms with E-state index in [4.69, 9.17) is 9.97 Å². The average Bonchev–Trinajstić information content (AvgIpc) is 3.93. The number of para-hydroxylation sites is 1. The number of rotatable bonds is 5. The fourth-order valence-corrected chi connectivity index (χ4v) is 15.6. The number of hydrogen-bond acceptors (Lipinski definition) is 3. The van der Waals surface area contributed by atoms with Crippen molar-refractivity contribution in [3.8, 4) is 39.5 Å². The molecule has 5 heteroatoms. The summed E-state index contributed by atoms with van der Waals surface area (Å²) in [6.07, 6.45) is 0. The zero-order valence-corrected chi connectivity index (χ0v) is 32.6. The quantitative estimate of drug-likeness (QED) is 0.164. The Morgan fingerprint density at radius 1 is 0.456 bits per heavy atom. The number of hydrogen-bond donors (Lipinski definition) is 0. The monoisotopic (exact) mass is 759 g/mol. The molecule has 8 aromatic carbocycles. The van der Waals surface area contributed by atoms with Gasteiger partial charge in [0, 0.05) is 53.3 Å². The van der Waals surface area contributed by atoms with Gasteiger partial charge in [-0.05, 0) is 51.5 Å². The van der Waals surface area contributed by atoms with E-state index in [0.717, 1.165) is 39.2 Å². The molecule has 4 heterocycles. The summed E-state index contributed by atoms with van der Waals surface area (Å²) in [6.45, 7) is 0. The Morgan fingerprint density at radius 3 is 1.84 bits per heavy atom. The second kappa shape index (κ2) is 12.5. The van der Waals surface area contributed by atoms with Crippen LogP contribution in [0.4, 0.5) is 0 Å². The van der Waals surface area contributed by atoms with Crippen LogP contribution in [0.15, 0.2) is 200 Å². The van der Waals surface area contributed by atoms with Crippen molar-refractivity contribution < 1.29 is 0 Å². The van der Waals surface area contributed by atoms with Gasteiger partial charge >= 0.3 is 0 Å². The third-order valence-corrected chi connectivity index (χ3v) is 17.7. The number of thiophene rings is 1. The van der Waals surface area contributed by atoms with E-state index in [9.17, 15) is 0 Å². The van der Waals surface area contributed by atoms with E-state index >= 15 is 0 Å². The zero-order chi connectivity index (χ0) is 37.5. The lowest BCUT2D eigenvalue weighted by Gasteiger charge is -2.30. The van der Waals surface area contributed by atoms with Crippen LogP contribution in [0.1, 0.15) is 0 Å². The molecule has 3 aromatic heterocycles. The molecule has 11 aromatic rings. The number of benzene rings is 8. The van der Waals surface area contributed by atoms with Gasteiger partial charge in [0.05, 0.1) is 22.0 Å². The lowest BCUT2D eigenvalue weighted by Crippen LogP contribution is -2.73. The fraction of sp³-hybridized carbons (Fsp3) is 0. The van der Waals surface area contributed by atoms with Crippen LogP contribution in [-0.4, -0.2) is 22.6 Å². The second-order valence-corrected chi connectivity index (χ2v) is 19.6. The summed E-state index contributed by atoms with van der Waals surface area (Å²) >= 11 is 1.87. The maximum Gasteiger partial charge on any atom is 0.203 e. The molecule has 1 aliphatic heterocycles. The van der Waals surface area contributed by atoms with E-state index in [1.54, 1.807) is 0 Å². The molecule has 0 bridgehead atoms. The number of nitrogens with zero attached hydrogens (tertiary/aromatic N) is 3. The maximum atomic E-state index is 5.65. The Kier molecular flexibility index (Phi) is 7.12. The highest BCUT2D eigenvalue weighted by Crippen LogP contribution is 2.43. The van der Waals surface area contributed by atoms with Gasteiger partial charge in [0.25, 0.3) is 0 Å². The fourth-order valence-electron chi connectivity index (χ4n) is 9.50. The molecule has 0 atom stereocenters. The molecule has 0 spiro atoms. The highest BCUT2D eigenvalue weighted by molar-refractivity contribution is 7.26. The van der Waals surface area contributed by atoms with E-state index in [2.05, 4.69) is 205 Å². The van der Waals surface area contributed by atoms with Crippen LogP contribution in [0.25, 0.3) is 81.4 Å². The Bertz CT molecular complexity index is 3300. The van der Waals surface area contributed by atoms with Crippen molar-refractivity contribution in [2.75, 3.05) is 0 Å². The van der Waals surface area contributed by atoms with Crippen molar-refractivity contribution in [3.05, 3.63) is 200 Å². The van der Waals surface area contributed by atoms with E-state index in [1.165, 1.54) is 63.1 Å². The molecule has 0 amide bonds. The molecule has 57 heavy (non-hydrogen) atoms. The summed E-state index contributed by atoms with van der Waals surface area (Å²) in [4.78, 5) is 11.2. The Balaban J connectivity index is 1.14. The molecule has 266 valence electrons. The molecule has 0 radical (unpaired) electrons. The minimum atomic E-state index is -2.87. The third-order valence-electron chi connectivity index (χ3n) is 11.9. The van der Waals surface area contributed by atoms with Crippen LogP contribution in [-0.2, 0) is 0 Å². The van der Waals surface area contributed by atoms with Crippen LogP contribution in [0.2, 0.25) is 0 Å². The van der Waals surface area contributed by atoms with Gasteiger partial charge < -0.3 is 4.57 Å². The minimum absolute atomic E-state index is 0.749. The smallest absolute Gasteiger partial charge is 0.203 e. The van der Waals surface area contributed by atoms with Gasteiger partial charge in [-0.2, -0.15) is 0 Å². The van der Waals surface area contributed by atoms with Crippen LogP contribution < -0.4 is 20.9 Å². The third kappa shape index (κ3) is 4.64. The van der Waals surface area contributed by atoms with Crippen molar-refractivity contribution in [2.24, 2.45) is 0 Å². The lowest BCUT2D eigenvalue weighted by molar-refractivity contribution is 1.18. The molecule has 1 aliphatic rings. The average molecular weight is 760 g/mol. The molecule has 0 unspecified atom stereocenters. The first-order valence-electron chi connectivity index (χ1n) is 19.4. The van der Waals surface area contributed by atoms with Gasteiger partial charge in [-0.15, -0.1) is 11.3 Å². The van der Waals surface area contributed by atoms with Crippen molar-refractivity contribution in [1.82, 2.24) is 14.5 Å². The minimum Gasteiger partial charge on any atom is -0.309 e. The Morgan fingerprint density at radius 2 is 1.09 bits per heavy atom. The molecule has 0 saturated carbocycles. The van der Waals surface area contributed by atoms with Crippen LogP contribution in [0, 0.1) is 0 Å². The molecule has 12 rings (SSSR count). The first-order chi connectivity index (χ1) is 28.3. The van der Waals surface area contributed by atoms with Crippen molar-refractivity contribution in [1.29, 1.82) is 0 Å². The van der Waals surface area contributed by atoms with Gasteiger partial charge in [-0.1, -0.05) is 170 Å². The molecule has 3 nitrogen and oxygen atoms in total. The molecule has 0 fully saturated rings. The van der Waals surface area contributed by atoms with E-state index in [-0.39, 0.29) is 0 Å². The Hall–Kier alpha value is -6.92. The second-order valence-electron chi connectivity index (χ2n) is 14.8. The van der Waals surface area contributed by atoms with Crippen LogP contribution >= 0.6 is 11.3 Å². The summed E-state index contributed by atoms with van der Waals surface area (Å²) in [7, 11) is -2.87. The number of fused-ring (bicyclic) bond motifs is 10. The van der Waals surface area contributed by atoms with E-state index in [0.29, 0.717) is 0 Å². The summed E-state index contributed by atoms with van der Waals surface area (Å²) in [5.41, 5.74) is 8.99. The van der Waals surface area contributed by atoms with Crippen molar-refractivity contribution in [2.45, 2.75) is 0 Å². The van der Waals surface area contributed by atoms with Gasteiger partial charge in [0.2, 0.25) is 8.07 Å². The lowest BCUT2D eigenvalue weighted by atomic mass is 10.00. The van der Waals surface area contributed by atoms with Crippen LogP contribution in [0.3, 0.4) is 0 Å². The maximum absolute atomic E-state index is 5.65. The van der Waals surface area contributed by atoms with Crippen molar-refractivity contribution >= 4 is 82.3 Å².